The number of aromatic nitrogens is 4. The van der Waals surface area contributed by atoms with Crippen molar-refractivity contribution >= 4 is 22.9 Å². The Morgan fingerprint density at radius 3 is 2.66 bits per heavy atom. The van der Waals surface area contributed by atoms with Gasteiger partial charge in [-0.15, -0.1) is 0 Å². The molecule has 3 unspecified atom stereocenters. The average molecular weight is 569 g/mol. The van der Waals surface area contributed by atoms with Crippen molar-refractivity contribution in [3.8, 4) is 22.4 Å². The van der Waals surface area contributed by atoms with Crippen LogP contribution in [0.3, 0.4) is 0 Å². The smallest absolute Gasteiger partial charge is 0.419 e. The van der Waals surface area contributed by atoms with Crippen LogP contribution in [0.2, 0.25) is 0 Å². The van der Waals surface area contributed by atoms with Crippen LogP contribution in [0.5, 0.6) is 0 Å². The zero-order valence-electron chi connectivity index (χ0n) is 23.4. The van der Waals surface area contributed by atoms with Gasteiger partial charge in [-0.25, -0.2) is 14.8 Å². The molecule has 2 N–H and O–H groups in total. The van der Waals surface area contributed by atoms with Crippen molar-refractivity contribution in [2.24, 2.45) is 0 Å². The third kappa shape index (κ3) is 4.89. The first kappa shape index (κ1) is 27.1. The number of ether oxygens (including phenoxy) is 1. The lowest BCUT2D eigenvalue weighted by Gasteiger charge is -2.28. The predicted molar refractivity (Wildman–Crippen MR) is 146 cm³/mol. The molecule has 216 valence electrons. The van der Waals surface area contributed by atoms with Crippen molar-refractivity contribution in [3.05, 3.63) is 47.6 Å². The molecule has 5 heterocycles. The Morgan fingerprint density at radius 1 is 1.20 bits per heavy atom. The van der Waals surface area contributed by atoms with Gasteiger partial charge in [0.1, 0.15) is 16.9 Å². The topological polar surface area (TPSA) is 109 Å². The van der Waals surface area contributed by atoms with E-state index in [-0.39, 0.29) is 35.9 Å². The highest BCUT2D eigenvalue weighted by Crippen LogP contribution is 2.42. The molecule has 4 aromatic rings. The highest BCUT2D eigenvalue weighted by atomic mass is 19.4. The Balaban J connectivity index is 1.32. The second-order valence-corrected chi connectivity index (χ2v) is 11.8. The Morgan fingerprint density at radius 2 is 1.98 bits per heavy atom. The number of carbonyl (C=O) groups is 1. The van der Waals surface area contributed by atoms with Crippen LogP contribution in [-0.2, 0) is 10.9 Å². The summed E-state index contributed by atoms with van der Waals surface area (Å²) in [6, 6.07) is 5.11. The summed E-state index contributed by atoms with van der Waals surface area (Å²) < 4.78 is 53.3. The van der Waals surface area contributed by atoms with Crippen LogP contribution in [0.4, 0.5) is 23.9 Å². The van der Waals surface area contributed by atoms with Crippen LogP contribution >= 0.6 is 0 Å². The van der Waals surface area contributed by atoms with Gasteiger partial charge in [-0.1, -0.05) is 17.3 Å². The number of alkyl halides is 3. The van der Waals surface area contributed by atoms with E-state index in [0.717, 1.165) is 35.9 Å². The fraction of sp³-hybridized carbons (Fsp3) is 0.448. The predicted octanol–water partition coefficient (Wildman–Crippen LogP) is 6.87. The standard InChI is InChI=1S/C29H31F3N6O3/c1-14-24(15(2)41-37-14)16-6-8-18-19(12-33-21(18)10-16)25-20(29(30,31)32)13-34-26(36-25)35-22-11-17-7-9-23(22)38(17)27(39)40-28(3,4)5/h6,8,10,12-13,17,22-23,33H,7,9,11H2,1-5H3,(H,34,35,36). The van der Waals surface area contributed by atoms with Gasteiger partial charge in [0.2, 0.25) is 5.95 Å². The van der Waals surface area contributed by atoms with Gasteiger partial charge in [-0.05, 0) is 65.5 Å². The number of hydrogen-bond acceptors (Lipinski definition) is 7. The van der Waals surface area contributed by atoms with Crippen LogP contribution in [0.25, 0.3) is 33.3 Å². The normalized spacial score (nSPS) is 20.7. The summed E-state index contributed by atoms with van der Waals surface area (Å²) in [4.78, 5) is 26.1. The lowest BCUT2D eigenvalue weighted by atomic mass is 9.96. The summed E-state index contributed by atoms with van der Waals surface area (Å²) in [5, 5.41) is 7.81. The van der Waals surface area contributed by atoms with Gasteiger partial charge in [-0.3, -0.25) is 0 Å². The summed E-state index contributed by atoms with van der Waals surface area (Å²) in [5.41, 5.74) is 1.60. The maximum atomic E-state index is 14.1. The van der Waals surface area contributed by atoms with Crippen LogP contribution in [0, 0.1) is 13.8 Å². The van der Waals surface area contributed by atoms with Gasteiger partial charge in [0.15, 0.2) is 0 Å². The van der Waals surface area contributed by atoms with Gasteiger partial charge in [0.05, 0.1) is 23.5 Å². The van der Waals surface area contributed by atoms with Crippen molar-refractivity contribution in [3.63, 3.8) is 0 Å². The van der Waals surface area contributed by atoms with E-state index in [0.29, 0.717) is 28.6 Å². The average Bonchev–Trinajstić information content (AvgIpc) is 3.64. The summed E-state index contributed by atoms with van der Waals surface area (Å²) in [6.07, 6.45) is -0.420. The van der Waals surface area contributed by atoms with E-state index in [1.165, 1.54) is 6.20 Å². The molecule has 9 nitrogen and oxygen atoms in total. The monoisotopic (exact) mass is 568 g/mol. The second kappa shape index (κ2) is 9.49. The van der Waals surface area contributed by atoms with Gasteiger partial charge >= 0.3 is 12.3 Å². The number of aryl methyl sites for hydroxylation is 2. The first-order valence-electron chi connectivity index (χ1n) is 13.6. The number of rotatable bonds is 4. The number of amides is 1. The van der Waals surface area contributed by atoms with Crippen LogP contribution in [0.15, 0.2) is 35.1 Å². The summed E-state index contributed by atoms with van der Waals surface area (Å²) in [5.74, 6) is 0.738. The molecule has 3 atom stereocenters. The number of hydrogen-bond donors (Lipinski definition) is 2. The molecular formula is C29H31F3N6O3. The van der Waals surface area contributed by atoms with E-state index in [1.807, 2.05) is 46.8 Å². The maximum absolute atomic E-state index is 14.1. The van der Waals surface area contributed by atoms with Crippen molar-refractivity contribution in [2.75, 3.05) is 5.32 Å². The molecule has 1 aromatic carbocycles. The minimum Gasteiger partial charge on any atom is -0.444 e. The molecule has 12 heteroatoms. The van der Waals surface area contributed by atoms with Crippen molar-refractivity contribution in [1.29, 1.82) is 0 Å². The van der Waals surface area contributed by atoms with Gasteiger partial charge in [0.25, 0.3) is 0 Å². The highest BCUT2D eigenvalue weighted by Gasteiger charge is 2.50. The fourth-order valence-corrected chi connectivity index (χ4v) is 6.15. The summed E-state index contributed by atoms with van der Waals surface area (Å²) >= 11 is 0. The number of nitrogens with one attached hydrogen (secondary N) is 2. The van der Waals surface area contributed by atoms with E-state index in [2.05, 4.69) is 25.4 Å². The number of anilines is 1. The van der Waals surface area contributed by atoms with E-state index < -0.39 is 17.3 Å². The molecule has 2 aliphatic heterocycles. The lowest BCUT2D eigenvalue weighted by molar-refractivity contribution is -0.137. The molecule has 2 bridgehead atoms. The number of fused-ring (bicyclic) bond motifs is 3. The van der Waals surface area contributed by atoms with Crippen molar-refractivity contribution in [1.82, 2.24) is 25.0 Å². The SMILES string of the molecule is Cc1noc(C)c1-c1ccc2c(-c3nc(NC4CC5CCC4N5C(=O)OC(C)(C)C)ncc3C(F)(F)F)c[nH]c2c1. The third-order valence-corrected chi connectivity index (χ3v) is 7.81. The number of H-pyrrole nitrogens is 1. The number of benzene rings is 1. The molecule has 2 saturated heterocycles. The van der Waals surface area contributed by atoms with E-state index >= 15 is 0 Å². The molecular weight excluding hydrogens is 537 g/mol. The molecule has 6 rings (SSSR count). The molecule has 0 spiro atoms. The molecule has 1 amide bonds. The van der Waals surface area contributed by atoms with E-state index in [4.69, 9.17) is 9.26 Å². The molecule has 41 heavy (non-hydrogen) atoms. The number of aromatic amines is 1. The van der Waals surface area contributed by atoms with Crippen molar-refractivity contribution < 1.29 is 27.2 Å². The zero-order chi connectivity index (χ0) is 29.3. The van der Waals surface area contributed by atoms with Gasteiger partial charge in [0, 0.05) is 40.5 Å². The highest BCUT2D eigenvalue weighted by molar-refractivity contribution is 5.97. The largest absolute Gasteiger partial charge is 0.444 e. The van der Waals surface area contributed by atoms with Gasteiger partial charge in [-0.2, -0.15) is 13.2 Å². The molecule has 3 aromatic heterocycles. The molecule has 2 fully saturated rings. The first-order chi connectivity index (χ1) is 19.3. The number of nitrogens with zero attached hydrogens (tertiary/aromatic N) is 4. The van der Waals surface area contributed by atoms with Gasteiger partial charge < -0.3 is 24.5 Å². The lowest BCUT2D eigenvalue weighted by Crippen LogP contribution is -2.42. The summed E-state index contributed by atoms with van der Waals surface area (Å²) in [6.45, 7) is 9.10. The Kier molecular flexibility index (Phi) is 6.27. The van der Waals surface area contributed by atoms with E-state index in [9.17, 15) is 18.0 Å². The second-order valence-electron chi connectivity index (χ2n) is 11.8. The Hall–Kier alpha value is -4.09. The van der Waals surface area contributed by atoms with Crippen LogP contribution in [-0.4, -0.2) is 54.8 Å². The van der Waals surface area contributed by atoms with Crippen LogP contribution < -0.4 is 5.32 Å². The quantitative estimate of drug-likeness (QED) is 0.277. The first-order valence-corrected chi connectivity index (χ1v) is 13.6. The maximum Gasteiger partial charge on any atom is 0.419 e. The number of carbonyl (C=O) groups excluding carboxylic acids is 1. The van der Waals surface area contributed by atoms with Crippen LogP contribution in [0.1, 0.15) is 57.1 Å². The zero-order valence-corrected chi connectivity index (χ0v) is 23.4. The minimum atomic E-state index is -4.66. The third-order valence-electron chi connectivity index (χ3n) is 7.81. The molecule has 2 aliphatic rings. The summed E-state index contributed by atoms with van der Waals surface area (Å²) in [7, 11) is 0. The molecule has 0 aliphatic carbocycles. The Bertz CT molecular complexity index is 1620. The minimum absolute atomic E-state index is 0.00165. The number of halogens is 3. The molecule has 0 saturated carbocycles. The Labute approximate surface area is 234 Å². The van der Waals surface area contributed by atoms with E-state index in [1.54, 1.807) is 11.0 Å². The van der Waals surface area contributed by atoms with Crippen molar-refractivity contribution in [2.45, 2.75) is 83.8 Å². The fourth-order valence-electron chi connectivity index (χ4n) is 6.15. The molecule has 0 radical (unpaired) electrons.